The molecule has 6 nitrogen and oxygen atoms in total. The molecule has 0 fully saturated rings. The minimum atomic E-state index is -0.983. The number of carboxylic acid groups (broad SMARTS) is 1. The predicted octanol–water partition coefficient (Wildman–Crippen LogP) is 2.96. The number of aromatic nitrogens is 1. The summed E-state index contributed by atoms with van der Waals surface area (Å²) in [5.74, 6) is -0.962. The van der Waals surface area contributed by atoms with Crippen molar-refractivity contribution in [3.05, 3.63) is 46.8 Å². The molecule has 2 rings (SSSR count). The number of benzene rings is 1. The van der Waals surface area contributed by atoms with Crippen molar-refractivity contribution in [3.63, 3.8) is 0 Å². The van der Waals surface area contributed by atoms with Gasteiger partial charge in [-0.2, -0.15) is 0 Å². The molecule has 23 heavy (non-hydrogen) atoms. The molecular formula is C16H18N2O4S. The average Bonchev–Trinajstić information content (AvgIpc) is 2.85. The molecule has 0 aliphatic rings. The van der Waals surface area contributed by atoms with Crippen LogP contribution in [0.4, 0.5) is 0 Å². The van der Waals surface area contributed by atoms with Gasteiger partial charge in [-0.25, -0.2) is 0 Å². The van der Waals surface area contributed by atoms with Crippen LogP contribution in [0.15, 0.2) is 33.7 Å². The van der Waals surface area contributed by atoms with Crippen molar-refractivity contribution in [2.45, 2.75) is 31.2 Å². The van der Waals surface area contributed by atoms with Gasteiger partial charge in [-0.05, 0) is 37.8 Å². The van der Waals surface area contributed by atoms with Crippen molar-refractivity contribution < 1.29 is 19.2 Å². The highest BCUT2D eigenvalue weighted by molar-refractivity contribution is 7.98. The summed E-state index contributed by atoms with van der Waals surface area (Å²) in [5.41, 5.74) is 1.57. The summed E-state index contributed by atoms with van der Waals surface area (Å²) in [6, 6.07) is 6.83. The first kappa shape index (κ1) is 17.1. The molecule has 1 atom stereocenters. The van der Waals surface area contributed by atoms with Gasteiger partial charge in [0.1, 0.15) is 11.3 Å². The number of nitrogens with one attached hydrogen (secondary N) is 1. The quantitative estimate of drug-likeness (QED) is 0.789. The monoisotopic (exact) mass is 334 g/mol. The number of carbonyl (C=O) groups is 2. The molecular weight excluding hydrogens is 316 g/mol. The summed E-state index contributed by atoms with van der Waals surface area (Å²) in [4.78, 5) is 24.6. The molecule has 0 spiro atoms. The summed E-state index contributed by atoms with van der Waals surface area (Å²) in [6.45, 7) is 3.32. The number of rotatable bonds is 6. The lowest BCUT2D eigenvalue weighted by Crippen LogP contribution is -2.30. The fourth-order valence-electron chi connectivity index (χ4n) is 2.30. The molecule has 1 amide bonds. The van der Waals surface area contributed by atoms with Crippen LogP contribution in [0.1, 0.15) is 39.8 Å². The van der Waals surface area contributed by atoms with Gasteiger partial charge in [0.15, 0.2) is 0 Å². The maximum absolute atomic E-state index is 12.4. The summed E-state index contributed by atoms with van der Waals surface area (Å²) in [7, 11) is 0. The average molecular weight is 334 g/mol. The largest absolute Gasteiger partial charge is 0.481 e. The Kier molecular flexibility index (Phi) is 5.44. The number of hydrogen-bond acceptors (Lipinski definition) is 5. The molecule has 2 aromatic rings. The first-order valence-electron chi connectivity index (χ1n) is 7.02. The van der Waals surface area contributed by atoms with Gasteiger partial charge in [0.2, 0.25) is 0 Å². The second-order valence-electron chi connectivity index (χ2n) is 5.10. The zero-order valence-electron chi connectivity index (χ0n) is 13.1. The minimum Gasteiger partial charge on any atom is -0.481 e. The lowest BCUT2D eigenvalue weighted by atomic mass is 10.0. The van der Waals surface area contributed by atoms with Gasteiger partial charge in [0.05, 0.1) is 18.2 Å². The Labute approximate surface area is 138 Å². The van der Waals surface area contributed by atoms with Crippen LogP contribution in [0, 0.1) is 13.8 Å². The van der Waals surface area contributed by atoms with Gasteiger partial charge in [-0.3, -0.25) is 9.59 Å². The molecule has 0 saturated carbocycles. The van der Waals surface area contributed by atoms with Crippen LogP contribution >= 0.6 is 11.8 Å². The predicted molar refractivity (Wildman–Crippen MR) is 86.7 cm³/mol. The molecule has 0 aliphatic heterocycles. The van der Waals surface area contributed by atoms with Crippen LogP contribution in [0.5, 0.6) is 0 Å². The Morgan fingerprint density at radius 1 is 1.30 bits per heavy atom. The van der Waals surface area contributed by atoms with Crippen LogP contribution in [0.3, 0.4) is 0 Å². The Hall–Kier alpha value is -2.28. The molecule has 2 N–H and O–H groups in total. The van der Waals surface area contributed by atoms with Crippen LogP contribution in [0.2, 0.25) is 0 Å². The molecule has 0 bridgehead atoms. The molecule has 1 aromatic carbocycles. The minimum absolute atomic E-state index is 0.201. The first-order valence-corrected chi connectivity index (χ1v) is 8.24. The molecule has 1 unspecified atom stereocenters. The SMILES string of the molecule is CSc1ccc(C(CC(=O)O)NC(=O)c2c(C)noc2C)cc1. The smallest absolute Gasteiger partial charge is 0.305 e. The maximum atomic E-state index is 12.4. The van der Waals surface area contributed by atoms with Crippen molar-refractivity contribution >= 4 is 23.6 Å². The van der Waals surface area contributed by atoms with E-state index in [0.717, 1.165) is 10.5 Å². The lowest BCUT2D eigenvalue weighted by Gasteiger charge is -2.17. The summed E-state index contributed by atoms with van der Waals surface area (Å²) in [5, 5.41) is 15.6. The number of thioether (sulfide) groups is 1. The molecule has 122 valence electrons. The Morgan fingerprint density at radius 2 is 1.96 bits per heavy atom. The molecule has 1 aromatic heterocycles. The van der Waals surface area contributed by atoms with Gasteiger partial charge >= 0.3 is 5.97 Å². The van der Waals surface area contributed by atoms with E-state index in [-0.39, 0.29) is 12.3 Å². The van der Waals surface area contributed by atoms with E-state index in [1.165, 1.54) is 0 Å². The van der Waals surface area contributed by atoms with E-state index in [1.807, 2.05) is 30.5 Å². The van der Waals surface area contributed by atoms with Crippen molar-refractivity contribution in [2.75, 3.05) is 6.26 Å². The molecule has 7 heteroatoms. The number of aliphatic carboxylic acids is 1. The first-order chi connectivity index (χ1) is 10.9. The Morgan fingerprint density at radius 3 is 2.43 bits per heavy atom. The summed E-state index contributed by atoms with van der Waals surface area (Å²) < 4.78 is 4.99. The third-order valence-corrected chi connectivity index (χ3v) is 4.21. The topological polar surface area (TPSA) is 92.4 Å². The van der Waals surface area contributed by atoms with E-state index < -0.39 is 12.0 Å². The Balaban J connectivity index is 2.24. The van der Waals surface area contributed by atoms with Crippen LogP contribution in [0.25, 0.3) is 0 Å². The number of carbonyl (C=O) groups excluding carboxylic acids is 1. The maximum Gasteiger partial charge on any atom is 0.305 e. The van der Waals surface area contributed by atoms with Gasteiger partial charge in [-0.1, -0.05) is 17.3 Å². The third-order valence-electron chi connectivity index (χ3n) is 3.46. The highest BCUT2D eigenvalue weighted by Crippen LogP contribution is 2.22. The molecule has 0 aliphatic carbocycles. The number of hydrogen-bond donors (Lipinski definition) is 2. The van der Waals surface area contributed by atoms with Crippen molar-refractivity contribution in [3.8, 4) is 0 Å². The van der Waals surface area contributed by atoms with Gasteiger partial charge in [0, 0.05) is 4.90 Å². The van der Waals surface area contributed by atoms with Gasteiger partial charge < -0.3 is 14.9 Å². The van der Waals surface area contributed by atoms with E-state index in [0.29, 0.717) is 17.0 Å². The number of aryl methyl sites for hydroxylation is 2. The van der Waals surface area contributed by atoms with Crippen LogP contribution in [-0.2, 0) is 4.79 Å². The zero-order chi connectivity index (χ0) is 17.0. The Bertz CT molecular complexity index is 690. The fraction of sp³-hybridized carbons (Fsp3) is 0.312. The zero-order valence-corrected chi connectivity index (χ0v) is 13.9. The fourth-order valence-corrected chi connectivity index (χ4v) is 2.71. The van der Waals surface area contributed by atoms with Gasteiger partial charge in [-0.15, -0.1) is 11.8 Å². The van der Waals surface area contributed by atoms with E-state index in [1.54, 1.807) is 25.6 Å². The standard InChI is InChI=1S/C16H18N2O4S/c1-9-15(10(2)22-18-9)16(21)17-13(8-14(19)20)11-4-6-12(23-3)7-5-11/h4-7,13H,8H2,1-3H3,(H,17,21)(H,19,20). The van der Waals surface area contributed by atoms with Crippen LogP contribution in [-0.4, -0.2) is 28.4 Å². The molecule has 0 radical (unpaired) electrons. The van der Waals surface area contributed by atoms with E-state index >= 15 is 0 Å². The van der Waals surface area contributed by atoms with Gasteiger partial charge in [0.25, 0.3) is 5.91 Å². The second-order valence-corrected chi connectivity index (χ2v) is 5.98. The summed E-state index contributed by atoms with van der Waals surface area (Å²) in [6.07, 6.45) is 1.76. The van der Waals surface area contributed by atoms with E-state index in [9.17, 15) is 9.59 Å². The van der Waals surface area contributed by atoms with E-state index in [4.69, 9.17) is 9.63 Å². The third kappa shape index (κ3) is 4.13. The number of nitrogens with zero attached hydrogens (tertiary/aromatic N) is 1. The molecule has 1 heterocycles. The summed E-state index contributed by atoms with van der Waals surface area (Å²) >= 11 is 1.59. The van der Waals surface area contributed by atoms with Crippen LogP contribution < -0.4 is 5.32 Å². The van der Waals surface area contributed by atoms with Crippen molar-refractivity contribution in [1.29, 1.82) is 0 Å². The number of carboxylic acids is 1. The highest BCUT2D eigenvalue weighted by Gasteiger charge is 2.23. The van der Waals surface area contributed by atoms with E-state index in [2.05, 4.69) is 10.5 Å². The molecule has 0 saturated heterocycles. The normalized spacial score (nSPS) is 12.0. The number of amides is 1. The second kappa shape index (κ2) is 7.32. The van der Waals surface area contributed by atoms with Crippen molar-refractivity contribution in [1.82, 2.24) is 10.5 Å². The van der Waals surface area contributed by atoms with Crippen molar-refractivity contribution in [2.24, 2.45) is 0 Å². The lowest BCUT2D eigenvalue weighted by molar-refractivity contribution is -0.137. The highest BCUT2D eigenvalue weighted by atomic mass is 32.2.